The van der Waals surface area contributed by atoms with Gasteiger partial charge in [-0.25, -0.2) is 0 Å². The first kappa shape index (κ1) is 12.0. The van der Waals surface area contributed by atoms with Gasteiger partial charge in [-0.1, -0.05) is 37.3 Å². The molecule has 0 N–H and O–H groups in total. The molecule has 0 radical (unpaired) electrons. The summed E-state index contributed by atoms with van der Waals surface area (Å²) in [5, 5.41) is 0. The van der Waals surface area contributed by atoms with Crippen molar-refractivity contribution >= 4 is 11.6 Å². The molecule has 1 aromatic rings. The molecule has 0 saturated heterocycles. The molecular formula is C15H18O2. The summed E-state index contributed by atoms with van der Waals surface area (Å²) in [5.74, 6) is 0.103. The van der Waals surface area contributed by atoms with E-state index in [-0.39, 0.29) is 23.4 Å². The summed E-state index contributed by atoms with van der Waals surface area (Å²) in [7, 11) is 0. The summed E-state index contributed by atoms with van der Waals surface area (Å²) in [6, 6.07) is 9.86. The second kappa shape index (κ2) is 4.10. The van der Waals surface area contributed by atoms with Gasteiger partial charge in [0.25, 0.3) is 0 Å². The summed E-state index contributed by atoms with van der Waals surface area (Å²) in [5.41, 5.74) is 0.294. The summed E-state index contributed by atoms with van der Waals surface area (Å²) in [6.07, 6.45) is 0.476. The Morgan fingerprint density at radius 3 is 2.29 bits per heavy atom. The van der Waals surface area contributed by atoms with Crippen LogP contribution in [0.25, 0.3) is 0 Å². The molecule has 2 rings (SSSR count). The summed E-state index contributed by atoms with van der Waals surface area (Å²) >= 11 is 0. The number of ketones is 2. The molecule has 2 atom stereocenters. The van der Waals surface area contributed by atoms with Gasteiger partial charge in [0.1, 0.15) is 11.6 Å². The second-order valence-corrected chi connectivity index (χ2v) is 5.42. The first-order valence-corrected chi connectivity index (χ1v) is 6.07. The Kier molecular flexibility index (Phi) is 2.90. The number of rotatable bonds is 1. The molecule has 90 valence electrons. The molecule has 0 amide bonds. The van der Waals surface area contributed by atoms with Crippen LogP contribution in [-0.2, 0) is 9.59 Å². The number of Topliss-reactive ketones (excluding diaryl/α,β-unsaturated/α-hetero) is 2. The molecule has 1 aliphatic rings. The first-order valence-electron chi connectivity index (χ1n) is 6.07. The van der Waals surface area contributed by atoms with Gasteiger partial charge in [0.15, 0.2) is 0 Å². The highest BCUT2D eigenvalue weighted by atomic mass is 16.2. The first-order chi connectivity index (χ1) is 7.94. The standard InChI is InChI=1S/C15H18O2/c1-10-12(11-7-5-4-6-8-11)9-13(16)15(2,3)14(10)17/h4-8,10,12H,9H2,1-3H3. The van der Waals surface area contributed by atoms with Crippen molar-refractivity contribution in [2.45, 2.75) is 33.1 Å². The zero-order valence-electron chi connectivity index (χ0n) is 10.6. The van der Waals surface area contributed by atoms with Gasteiger partial charge in [-0.2, -0.15) is 0 Å². The number of carbonyl (C=O) groups excluding carboxylic acids is 2. The molecule has 2 nitrogen and oxygen atoms in total. The molecule has 2 unspecified atom stereocenters. The zero-order valence-corrected chi connectivity index (χ0v) is 10.6. The largest absolute Gasteiger partial charge is 0.299 e. The van der Waals surface area contributed by atoms with E-state index in [0.717, 1.165) is 5.56 Å². The molecular weight excluding hydrogens is 212 g/mol. The zero-order chi connectivity index (χ0) is 12.6. The van der Waals surface area contributed by atoms with Crippen molar-refractivity contribution in [3.63, 3.8) is 0 Å². The van der Waals surface area contributed by atoms with Crippen LogP contribution in [0.4, 0.5) is 0 Å². The Bertz CT molecular complexity index is 445. The predicted molar refractivity (Wildman–Crippen MR) is 66.8 cm³/mol. The number of carbonyl (C=O) groups is 2. The van der Waals surface area contributed by atoms with Crippen LogP contribution >= 0.6 is 0 Å². The van der Waals surface area contributed by atoms with Gasteiger partial charge in [0.2, 0.25) is 0 Å². The van der Waals surface area contributed by atoms with Gasteiger partial charge in [0, 0.05) is 18.3 Å². The normalized spacial score (nSPS) is 28.2. The lowest BCUT2D eigenvalue weighted by atomic mass is 9.64. The Morgan fingerprint density at radius 1 is 1.12 bits per heavy atom. The summed E-state index contributed by atoms with van der Waals surface area (Å²) < 4.78 is 0. The van der Waals surface area contributed by atoms with E-state index in [1.807, 2.05) is 37.3 Å². The van der Waals surface area contributed by atoms with Crippen LogP contribution in [0.3, 0.4) is 0 Å². The van der Waals surface area contributed by atoms with Gasteiger partial charge < -0.3 is 0 Å². The lowest BCUT2D eigenvalue weighted by Gasteiger charge is -2.36. The Hall–Kier alpha value is -1.44. The molecule has 17 heavy (non-hydrogen) atoms. The van der Waals surface area contributed by atoms with Crippen LogP contribution in [0.5, 0.6) is 0 Å². The quantitative estimate of drug-likeness (QED) is 0.695. The maximum Gasteiger partial charge on any atom is 0.149 e. The molecule has 2 heteroatoms. The van der Waals surface area contributed by atoms with E-state index in [1.54, 1.807) is 13.8 Å². The Morgan fingerprint density at radius 2 is 1.71 bits per heavy atom. The molecule has 1 fully saturated rings. The van der Waals surface area contributed by atoms with E-state index >= 15 is 0 Å². The van der Waals surface area contributed by atoms with Crippen LogP contribution in [0.15, 0.2) is 30.3 Å². The predicted octanol–water partition coefficient (Wildman–Crippen LogP) is 2.97. The average molecular weight is 230 g/mol. The van der Waals surface area contributed by atoms with E-state index in [4.69, 9.17) is 0 Å². The molecule has 0 bridgehead atoms. The lowest BCUT2D eigenvalue weighted by Crippen LogP contribution is -2.45. The Balaban J connectivity index is 2.34. The van der Waals surface area contributed by atoms with E-state index < -0.39 is 5.41 Å². The van der Waals surface area contributed by atoms with Gasteiger partial charge in [-0.3, -0.25) is 9.59 Å². The maximum atomic E-state index is 12.2. The van der Waals surface area contributed by atoms with Gasteiger partial charge in [-0.05, 0) is 19.4 Å². The second-order valence-electron chi connectivity index (χ2n) is 5.42. The smallest absolute Gasteiger partial charge is 0.149 e. The minimum Gasteiger partial charge on any atom is -0.299 e. The van der Waals surface area contributed by atoms with Crippen molar-refractivity contribution in [1.29, 1.82) is 0 Å². The summed E-state index contributed by atoms with van der Waals surface area (Å²) in [4.78, 5) is 24.3. The van der Waals surface area contributed by atoms with Crippen LogP contribution in [0.1, 0.15) is 38.7 Å². The van der Waals surface area contributed by atoms with Crippen molar-refractivity contribution in [3.05, 3.63) is 35.9 Å². The van der Waals surface area contributed by atoms with Crippen molar-refractivity contribution in [1.82, 2.24) is 0 Å². The fourth-order valence-electron chi connectivity index (χ4n) is 2.63. The van der Waals surface area contributed by atoms with E-state index in [1.165, 1.54) is 0 Å². The third-order valence-electron chi connectivity index (χ3n) is 3.96. The lowest BCUT2D eigenvalue weighted by molar-refractivity contribution is -0.145. The molecule has 1 aliphatic carbocycles. The minimum absolute atomic E-state index is 0.0456. The molecule has 0 heterocycles. The maximum absolute atomic E-state index is 12.2. The fraction of sp³-hybridized carbons (Fsp3) is 0.467. The third-order valence-corrected chi connectivity index (χ3v) is 3.96. The number of benzene rings is 1. The van der Waals surface area contributed by atoms with Crippen LogP contribution in [-0.4, -0.2) is 11.6 Å². The third kappa shape index (κ3) is 1.92. The van der Waals surface area contributed by atoms with Gasteiger partial charge in [-0.15, -0.1) is 0 Å². The topological polar surface area (TPSA) is 34.1 Å². The minimum atomic E-state index is -0.801. The van der Waals surface area contributed by atoms with Gasteiger partial charge >= 0.3 is 0 Å². The van der Waals surface area contributed by atoms with Crippen LogP contribution < -0.4 is 0 Å². The van der Waals surface area contributed by atoms with Crippen LogP contribution in [0.2, 0.25) is 0 Å². The highest BCUT2D eigenvalue weighted by Crippen LogP contribution is 2.41. The molecule has 0 aromatic heterocycles. The van der Waals surface area contributed by atoms with Crippen molar-refractivity contribution < 1.29 is 9.59 Å². The highest BCUT2D eigenvalue weighted by Gasteiger charge is 2.46. The highest BCUT2D eigenvalue weighted by molar-refractivity contribution is 6.09. The van der Waals surface area contributed by atoms with Crippen molar-refractivity contribution in [3.8, 4) is 0 Å². The summed E-state index contributed by atoms with van der Waals surface area (Å²) in [6.45, 7) is 5.43. The number of hydrogen-bond acceptors (Lipinski definition) is 2. The molecule has 0 aliphatic heterocycles. The van der Waals surface area contributed by atoms with E-state index in [0.29, 0.717) is 6.42 Å². The van der Waals surface area contributed by atoms with Crippen molar-refractivity contribution in [2.75, 3.05) is 0 Å². The van der Waals surface area contributed by atoms with Crippen molar-refractivity contribution in [2.24, 2.45) is 11.3 Å². The SMILES string of the molecule is CC1C(=O)C(C)(C)C(=O)CC1c1ccccc1. The monoisotopic (exact) mass is 230 g/mol. The van der Waals surface area contributed by atoms with E-state index in [9.17, 15) is 9.59 Å². The number of hydrogen-bond donors (Lipinski definition) is 0. The fourth-order valence-corrected chi connectivity index (χ4v) is 2.63. The molecule has 1 saturated carbocycles. The average Bonchev–Trinajstić information content (AvgIpc) is 2.33. The van der Waals surface area contributed by atoms with Gasteiger partial charge in [0.05, 0.1) is 5.41 Å². The molecule has 1 aromatic carbocycles. The molecule has 0 spiro atoms. The van der Waals surface area contributed by atoms with E-state index in [2.05, 4.69) is 0 Å². The van der Waals surface area contributed by atoms with Crippen LogP contribution in [0, 0.1) is 11.3 Å². The Labute approximate surface area is 102 Å².